The Balaban J connectivity index is 1.60. The number of rotatable bonds is 2. The summed E-state index contributed by atoms with van der Waals surface area (Å²) < 4.78 is 0. The molecule has 2 aromatic carbocycles. The van der Waals surface area contributed by atoms with E-state index in [1.807, 2.05) is 54.6 Å². The first-order chi connectivity index (χ1) is 12.6. The molecule has 0 saturated carbocycles. The van der Waals surface area contributed by atoms with E-state index in [0.717, 1.165) is 22.0 Å². The highest BCUT2D eigenvalue weighted by molar-refractivity contribution is 5.97. The molecule has 4 rings (SSSR count). The van der Waals surface area contributed by atoms with Crippen molar-refractivity contribution in [3.8, 4) is 0 Å². The Morgan fingerprint density at radius 3 is 2.54 bits per heavy atom. The molecule has 3 aromatic rings. The van der Waals surface area contributed by atoms with E-state index >= 15 is 0 Å². The summed E-state index contributed by atoms with van der Waals surface area (Å²) in [6.07, 6.45) is 0.509. The number of nitrogens with one attached hydrogen (secondary N) is 1. The van der Waals surface area contributed by atoms with E-state index in [1.165, 1.54) is 6.92 Å². The zero-order valence-corrected chi connectivity index (χ0v) is 14.5. The van der Waals surface area contributed by atoms with Crippen LogP contribution in [0.3, 0.4) is 0 Å². The highest BCUT2D eigenvalue weighted by atomic mass is 16.2. The normalized spacial score (nSPS) is 16.2. The number of pyridine rings is 1. The summed E-state index contributed by atoms with van der Waals surface area (Å²) in [5, 5.41) is 3.89. The van der Waals surface area contributed by atoms with Gasteiger partial charge in [0, 0.05) is 25.3 Å². The lowest BCUT2D eigenvalue weighted by molar-refractivity contribution is -0.138. The minimum Gasteiger partial charge on any atom is -0.326 e. The maximum Gasteiger partial charge on any atom is 0.248 e. The van der Waals surface area contributed by atoms with E-state index in [-0.39, 0.29) is 11.8 Å². The molecule has 26 heavy (non-hydrogen) atoms. The van der Waals surface area contributed by atoms with Crippen LogP contribution in [0.4, 0.5) is 5.82 Å². The molecule has 0 fully saturated rings. The van der Waals surface area contributed by atoms with Crippen molar-refractivity contribution in [1.82, 2.24) is 9.88 Å². The third-order valence-electron chi connectivity index (χ3n) is 4.81. The lowest BCUT2D eigenvalue weighted by atomic mass is 9.93. The van der Waals surface area contributed by atoms with E-state index in [0.29, 0.717) is 18.8 Å². The van der Waals surface area contributed by atoms with E-state index in [4.69, 9.17) is 0 Å². The first-order valence-electron chi connectivity index (χ1n) is 8.62. The van der Waals surface area contributed by atoms with Crippen LogP contribution in [0.15, 0.2) is 60.7 Å². The monoisotopic (exact) mass is 345 g/mol. The van der Waals surface area contributed by atoms with Gasteiger partial charge in [-0.1, -0.05) is 42.5 Å². The van der Waals surface area contributed by atoms with Crippen molar-refractivity contribution >= 4 is 28.5 Å². The summed E-state index contributed by atoms with van der Waals surface area (Å²) in [4.78, 5) is 31.1. The highest BCUT2D eigenvalue weighted by Gasteiger charge is 2.33. The van der Waals surface area contributed by atoms with Gasteiger partial charge in [-0.2, -0.15) is 0 Å². The average molecular weight is 345 g/mol. The van der Waals surface area contributed by atoms with Crippen molar-refractivity contribution in [2.75, 3.05) is 5.32 Å². The van der Waals surface area contributed by atoms with Gasteiger partial charge < -0.3 is 10.2 Å². The van der Waals surface area contributed by atoms with Crippen LogP contribution in [0.5, 0.6) is 0 Å². The van der Waals surface area contributed by atoms with E-state index < -0.39 is 6.04 Å². The second-order valence-electron chi connectivity index (χ2n) is 6.51. The van der Waals surface area contributed by atoms with E-state index in [2.05, 4.69) is 10.3 Å². The number of carbonyl (C=O) groups excluding carboxylic acids is 2. The molecule has 5 heteroatoms. The van der Waals surface area contributed by atoms with Gasteiger partial charge in [-0.25, -0.2) is 4.98 Å². The molecule has 5 nitrogen and oxygen atoms in total. The van der Waals surface area contributed by atoms with Crippen molar-refractivity contribution < 1.29 is 9.59 Å². The molecule has 2 amide bonds. The molecule has 0 spiro atoms. The van der Waals surface area contributed by atoms with Crippen LogP contribution in [-0.4, -0.2) is 27.7 Å². The largest absolute Gasteiger partial charge is 0.326 e. The van der Waals surface area contributed by atoms with Gasteiger partial charge in [0.1, 0.15) is 11.9 Å². The third-order valence-corrected chi connectivity index (χ3v) is 4.81. The molecule has 1 N–H and O–H groups in total. The number of aromatic nitrogens is 1. The Kier molecular flexibility index (Phi) is 4.13. The number of fused-ring (bicyclic) bond motifs is 2. The molecule has 2 heterocycles. The number of benzene rings is 2. The molecule has 1 aromatic heterocycles. The molecule has 0 radical (unpaired) electrons. The summed E-state index contributed by atoms with van der Waals surface area (Å²) >= 11 is 0. The van der Waals surface area contributed by atoms with Gasteiger partial charge in [0.15, 0.2) is 0 Å². The quantitative estimate of drug-likeness (QED) is 0.776. The minimum absolute atomic E-state index is 0.105. The fourth-order valence-corrected chi connectivity index (χ4v) is 3.43. The maximum absolute atomic E-state index is 12.9. The standard InChI is InChI=1S/C21H19N3O2/c1-14(25)24-13-17-8-3-2-7-16(17)12-19(24)21(26)23-20-11-10-15-6-4-5-9-18(15)22-20/h2-11,19H,12-13H2,1H3,(H,22,23,26). The van der Waals surface area contributed by atoms with Crippen molar-refractivity contribution in [1.29, 1.82) is 0 Å². The van der Waals surface area contributed by atoms with E-state index in [1.54, 1.807) is 11.0 Å². The van der Waals surface area contributed by atoms with Crippen molar-refractivity contribution in [2.45, 2.75) is 25.9 Å². The second kappa shape index (κ2) is 6.59. The molecule has 1 atom stereocenters. The first kappa shape index (κ1) is 16.3. The summed E-state index contributed by atoms with van der Waals surface area (Å²) in [5.41, 5.74) is 3.02. The number of amides is 2. The highest BCUT2D eigenvalue weighted by Crippen LogP contribution is 2.24. The Bertz CT molecular complexity index is 999. The van der Waals surface area contributed by atoms with Gasteiger partial charge in [0.25, 0.3) is 0 Å². The van der Waals surface area contributed by atoms with Crippen molar-refractivity contribution in [2.24, 2.45) is 0 Å². The van der Waals surface area contributed by atoms with Gasteiger partial charge >= 0.3 is 0 Å². The number of anilines is 1. The Labute approximate surface area is 151 Å². The first-order valence-corrected chi connectivity index (χ1v) is 8.62. The minimum atomic E-state index is -0.532. The topological polar surface area (TPSA) is 62.3 Å². The molecule has 0 saturated heterocycles. The van der Waals surface area contributed by atoms with Crippen LogP contribution in [0.1, 0.15) is 18.1 Å². The van der Waals surface area contributed by atoms with Gasteiger partial charge in [-0.3, -0.25) is 9.59 Å². The summed E-state index contributed by atoms with van der Waals surface area (Å²) in [7, 11) is 0. The van der Waals surface area contributed by atoms with Crippen LogP contribution in [0.2, 0.25) is 0 Å². The molecule has 130 valence electrons. The van der Waals surface area contributed by atoms with Crippen molar-refractivity contribution in [3.05, 3.63) is 71.8 Å². The maximum atomic E-state index is 12.9. The van der Waals surface area contributed by atoms with Gasteiger partial charge in [0.2, 0.25) is 11.8 Å². The third kappa shape index (κ3) is 3.04. The van der Waals surface area contributed by atoms with E-state index in [9.17, 15) is 9.59 Å². The Hall–Kier alpha value is -3.21. The molecule has 1 aliphatic rings. The number of hydrogen-bond acceptors (Lipinski definition) is 3. The average Bonchev–Trinajstić information content (AvgIpc) is 2.66. The van der Waals surface area contributed by atoms with Gasteiger partial charge in [0.05, 0.1) is 5.52 Å². The molecule has 0 aliphatic carbocycles. The predicted molar refractivity (Wildman–Crippen MR) is 101 cm³/mol. The number of para-hydroxylation sites is 1. The zero-order chi connectivity index (χ0) is 18.1. The Morgan fingerprint density at radius 2 is 1.73 bits per heavy atom. The van der Waals surface area contributed by atoms with Crippen LogP contribution in [0, 0.1) is 0 Å². The summed E-state index contributed by atoms with van der Waals surface area (Å²) in [6, 6.07) is 18.9. The molecule has 1 aliphatic heterocycles. The SMILES string of the molecule is CC(=O)N1Cc2ccccc2CC1C(=O)Nc1ccc2ccccc2n1. The summed E-state index contributed by atoms with van der Waals surface area (Å²) in [5.74, 6) is 0.180. The van der Waals surface area contributed by atoms with Crippen LogP contribution >= 0.6 is 0 Å². The van der Waals surface area contributed by atoms with Crippen LogP contribution in [-0.2, 0) is 22.6 Å². The zero-order valence-electron chi connectivity index (χ0n) is 14.5. The lowest BCUT2D eigenvalue weighted by Crippen LogP contribution is -2.50. The van der Waals surface area contributed by atoms with Crippen molar-refractivity contribution in [3.63, 3.8) is 0 Å². The molecular formula is C21H19N3O2. The molecule has 0 bridgehead atoms. The van der Waals surface area contributed by atoms with Gasteiger partial charge in [-0.15, -0.1) is 0 Å². The fraction of sp³-hybridized carbons (Fsp3) is 0.190. The smallest absolute Gasteiger partial charge is 0.248 e. The lowest BCUT2D eigenvalue weighted by Gasteiger charge is -2.35. The predicted octanol–water partition coefficient (Wildman–Crippen LogP) is 3.15. The Morgan fingerprint density at radius 1 is 1.00 bits per heavy atom. The fourth-order valence-electron chi connectivity index (χ4n) is 3.43. The molecular weight excluding hydrogens is 326 g/mol. The second-order valence-corrected chi connectivity index (χ2v) is 6.51. The number of hydrogen-bond donors (Lipinski definition) is 1. The van der Waals surface area contributed by atoms with Crippen LogP contribution < -0.4 is 5.32 Å². The molecule has 1 unspecified atom stereocenters. The number of carbonyl (C=O) groups is 2. The van der Waals surface area contributed by atoms with Crippen LogP contribution in [0.25, 0.3) is 10.9 Å². The summed E-state index contributed by atoms with van der Waals surface area (Å²) in [6.45, 7) is 1.96. The number of nitrogens with zero attached hydrogens (tertiary/aromatic N) is 2. The van der Waals surface area contributed by atoms with Gasteiger partial charge in [-0.05, 0) is 29.3 Å².